The van der Waals surface area contributed by atoms with Gasteiger partial charge in [-0.3, -0.25) is 4.79 Å². The molecule has 0 aliphatic rings. The van der Waals surface area contributed by atoms with E-state index in [1.165, 1.54) is 6.33 Å². The van der Waals surface area contributed by atoms with Crippen LogP contribution in [0.25, 0.3) is 0 Å². The minimum absolute atomic E-state index is 0.104. The van der Waals surface area contributed by atoms with Crippen LogP contribution in [0.3, 0.4) is 0 Å². The first-order valence-electron chi connectivity index (χ1n) is 7.16. The Morgan fingerprint density at radius 1 is 1.09 bits per heavy atom. The molecule has 6 heteroatoms. The largest absolute Gasteiger partial charge is 0.348 e. The van der Waals surface area contributed by atoms with Gasteiger partial charge in [-0.05, 0) is 39.2 Å². The number of carbonyl (C=O) groups is 1. The molecule has 5 nitrogen and oxygen atoms in total. The zero-order valence-corrected chi connectivity index (χ0v) is 13.9. The lowest BCUT2D eigenvalue weighted by molar-refractivity contribution is 0.0950. The van der Waals surface area contributed by atoms with Crippen LogP contribution in [0, 0.1) is 0 Å². The number of rotatable bonds is 5. The fourth-order valence-corrected chi connectivity index (χ4v) is 2.75. The fourth-order valence-electron chi connectivity index (χ4n) is 2.29. The van der Waals surface area contributed by atoms with E-state index in [1.807, 2.05) is 42.5 Å². The van der Waals surface area contributed by atoms with Crippen LogP contribution < -0.4 is 5.32 Å². The Morgan fingerprint density at radius 3 is 2.57 bits per heavy atom. The first-order valence-corrected chi connectivity index (χ1v) is 7.95. The highest BCUT2D eigenvalue weighted by Gasteiger charge is 2.10. The van der Waals surface area contributed by atoms with Gasteiger partial charge < -0.3 is 5.32 Å². The summed E-state index contributed by atoms with van der Waals surface area (Å²) in [6, 6.07) is 15.4. The third-order valence-corrected chi connectivity index (χ3v) is 4.17. The Balaban J connectivity index is 1.71. The Morgan fingerprint density at radius 2 is 1.83 bits per heavy atom. The normalized spacial score (nSPS) is 10.5. The standard InChI is InChI=1S/C17H15BrN4O/c18-16-8-4-3-7-15(16)17(23)20-9-13-5-1-2-6-14(13)10-22-12-19-11-21-22/h1-8,11-12H,9-10H2,(H,20,23). The van der Waals surface area contributed by atoms with Crippen molar-refractivity contribution in [2.75, 3.05) is 0 Å². The molecule has 23 heavy (non-hydrogen) atoms. The number of benzene rings is 2. The predicted molar refractivity (Wildman–Crippen MR) is 90.9 cm³/mol. The van der Waals surface area contributed by atoms with Gasteiger partial charge in [-0.2, -0.15) is 5.10 Å². The maximum Gasteiger partial charge on any atom is 0.252 e. The average Bonchev–Trinajstić information content (AvgIpc) is 3.07. The molecular formula is C17H15BrN4O. The fraction of sp³-hybridized carbons (Fsp3) is 0.118. The van der Waals surface area contributed by atoms with E-state index in [2.05, 4.69) is 31.3 Å². The lowest BCUT2D eigenvalue weighted by Crippen LogP contribution is -2.24. The minimum Gasteiger partial charge on any atom is -0.348 e. The molecule has 0 atom stereocenters. The molecule has 0 aliphatic heterocycles. The van der Waals surface area contributed by atoms with Crippen LogP contribution in [0.15, 0.2) is 65.7 Å². The molecular weight excluding hydrogens is 356 g/mol. The van der Waals surface area contributed by atoms with Gasteiger partial charge in [0.05, 0.1) is 12.1 Å². The van der Waals surface area contributed by atoms with Gasteiger partial charge in [-0.25, -0.2) is 9.67 Å². The molecule has 3 rings (SSSR count). The highest BCUT2D eigenvalue weighted by molar-refractivity contribution is 9.10. The van der Waals surface area contributed by atoms with Gasteiger partial charge in [-0.15, -0.1) is 0 Å². The zero-order valence-electron chi connectivity index (χ0n) is 12.3. The van der Waals surface area contributed by atoms with E-state index in [-0.39, 0.29) is 5.91 Å². The molecule has 0 aliphatic carbocycles. The molecule has 0 spiro atoms. The smallest absolute Gasteiger partial charge is 0.252 e. The second kappa shape index (κ2) is 7.19. The molecule has 3 aromatic rings. The number of halogens is 1. The molecule has 0 unspecified atom stereocenters. The van der Waals surface area contributed by atoms with Crippen molar-refractivity contribution in [1.82, 2.24) is 20.1 Å². The number of hydrogen-bond donors (Lipinski definition) is 1. The number of hydrogen-bond acceptors (Lipinski definition) is 3. The molecule has 1 N–H and O–H groups in total. The van der Waals surface area contributed by atoms with Crippen molar-refractivity contribution < 1.29 is 4.79 Å². The lowest BCUT2D eigenvalue weighted by Gasteiger charge is -2.11. The van der Waals surface area contributed by atoms with Crippen molar-refractivity contribution in [2.24, 2.45) is 0 Å². The number of carbonyl (C=O) groups excluding carboxylic acids is 1. The van der Waals surface area contributed by atoms with Crippen LogP contribution in [0.4, 0.5) is 0 Å². The Bertz CT molecular complexity index is 802. The Labute approximate surface area is 142 Å². The van der Waals surface area contributed by atoms with Gasteiger partial charge in [0, 0.05) is 11.0 Å². The van der Waals surface area contributed by atoms with Crippen LogP contribution in [-0.4, -0.2) is 20.7 Å². The summed E-state index contributed by atoms with van der Waals surface area (Å²) in [7, 11) is 0. The highest BCUT2D eigenvalue weighted by atomic mass is 79.9. The summed E-state index contributed by atoms with van der Waals surface area (Å²) in [5.74, 6) is -0.104. The van der Waals surface area contributed by atoms with Crippen molar-refractivity contribution >= 4 is 21.8 Å². The monoisotopic (exact) mass is 370 g/mol. The number of nitrogens with one attached hydrogen (secondary N) is 1. The van der Waals surface area contributed by atoms with Crippen LogP contribution in [0.5, 0.6) is 0 Å². The summed E-state index contributed by atoms with van der Waals surface area (Å²) in [6.07, 6.45) is 3.19. The van der Waals surface area contributed by atoms with Gasteiger partial charge in [0.1, 0.15) is 12.7 Å². The van der Waals surface area contributed by atoms with Crippen molar-refractivity contribution in [2.45, 2.75) is 13.1 Å². The summed E-state index contributed by atoms with van der Waals surface area (Å²) in [5, 5.41) is 7.08. The third kappa shape index (κ3) is 3.84. The van der Waals surface area contributed by atoms with E-state index in [0.29, 0.717) is 18.7 Å². The molecule has 0 saturated heterocycles. The molecule has 2 aromatic carbocycles. The van der Waals surface area contributed by atoms with E-state index >= 15 is 0 Å². The lowest BCUT2D eigenvalue weighted by atomic mass is 10.1. The SMILES string of the molecule is O=C(NCc1ccccc1Cn1cncn1)c1ccccc1Br. The number of aromatic nitrogens is 3. The molecule has 1 heterocycles. The summed E-state index contributed by atoms with van der Waals surface area (Å²) in [6.45, 7) is 1.09. The van der Waals surface area contributed by atoms with Crippen molar-refractivity contribution in [3.8, 4) is 0 Å². The van der Waals surface area contributed by atoms with E-state index < -0.39 is 0 Å². The third-order valence-electron chi connectivity index (χ3n) is 3.48. The Kier molecular flexibility index (Phi) is 4.83. The van der Waals surface area contributed by atoms with Gasteiger partial charge in [0.2, 0.25) is 0 Å². The van der Waals surface area contributed by atoms with Crippen molar-refractivity contribution in [3.63, 3.8) is 0 Å². The quantitative estimate of drug-likeness (QED) is 0.750. The average molecular weight is 371 g/mol. The molecule has 1 aromatic heterocycles. The number of nitrogens with zero attached hydrogens (tertiary/aromatic N) is 3. The predicted octanol–water partition coefficient (Wildman–Crippen LogP) is 3.02. The second-order valence-electron chi connectivity index (χ2n) is 5.02. The molecule has 0 bridgehead atoms. The summed E-state index contributed by atoms with van der Waals surface area (Å²) in [4.78, 5) is 16.2. The molecule has 116 valence electrons. The van der Waals surface area contributed by atoms with Crippen LogP contribution in [0.1, 0.15) is 21.5 Å². The molecule has 0 radical (unpaired) electrons. The van der Waals surface area contributed by atoms with Gasteiger partial charge >= 0.3 is 0 Å². The zero-order chi connectivity index (χ0) is 16.1. The highest BCUT2D eigenvalue weighted by Crippen LogP contribution is 2.16. The molecule has 0 saturated carbocycles. The minimum atomic E-state index is -0.104. The van der Waals surface area contributed by atoms with E-state index in [4.69, 9.17) is 0 Å². The second-order valence-corrected chi connectivity index (χ2v) is 5.88. The molecule has 0 fully saturated rings. The van der Waals surface area contributed by atoms with E-state index in [1.54, 1.807) is 17.1 Å². The maximum absolute atomic E-state index is 12.3. The van der Waals surface area contributed by atoms with Gasteiger partial charge in [0.25, 0.3) is 5.91 Å². The Hall–Kier alpha value is -2.47. The summed E-state index contributed by atoms with van der Waals surface area (Å²) in [5.41, 5.74) is 2.79. The number of amides is 1. The molecule has 1 amide bonds. The van der Waals surface area contributed by atoms with Crippen LogP contribution in [-0.2, 0) is 13.1 Å². The van der Waals surface area contributed by atoms with Gasteiger partial charge in [0.15, 0.2) is 0 Å². The first kappa shape index (κ1) is 15.4. The van der Waals surface area contributed by atoms with E-state index in [9.17, 15) is 4.79 Å². The van der Waals surface area contributed by atoms with Crippen molar-refractivity contribution in [1.29, 1.82) is 0 Å². The maximum atomic E-state index is 12.3. The van der Waals surface area contributed by atoms with Crippen molar-refractivity contribution in [3.05, 3.63) is 82.3 Å². The topological polar surface area (TPSA) is 59.8 Å². The summed E-state index contributed by atoms with van der Waals surface area (Å²) >= 11 is 3.40. The summed E-state index contributed by atoms with van der Waals surface area (Å²) < 4.78 is 2.54. The van der Waals surface area contributed by atoms with Gasteiger partial charge in [-0.1, -0.05) is 36.4 Å². The van der Waals surface area contributed by atoms with E-state index in [0.717, 1.165) is 15.6 Å². The first-order chi connectivity index (χ1) is 11.2. The van der Waals surface area contributed by atoms with Crippen LogP contribution in [0.2, 0.25) is 0 Å². The van der Waals surface area contributed by atoms with Crippen LogP contribution >= 0.6 is 15.9 Å².